The smallest absolute Gasteiger partial charge is 0.222 e. The van der Waals surface area contributed by atoms with Crippen LogP contribution in [0.25, 0.3) is 0 Å². The number of benzene rings is 1. The first-order valence-electron chi connectivity index (χ1n) is 8.96. The van der Waals surface area contributed by atoms with E-state index in [1.807, 2.05) is 0 Å². The number of hydrogen-bond donors (Lipinski definition) is 3. The highest BCUT2D eigenvalue weighted by Gasteiger charge is 2.34. The van der Waals surface area contributed by atoms with Gasteiger partial charge in [0.25, 0.3) is 0 Å². The summed E-state index contributed by atoms with van der Waals surface area (Å²) in [6.07, 6.45) is 5.43. The molecule has 1 saturated carbocycles. The zero-order valence-electron chi connectivity index (χ0n) is 15.1. The van der Waals surface area contributed by atoms with E-state index in [1.54, 1.807) is 19.2 Å². The van der Waals surface area contributed by atoms with Crippen LogP contribution in [0.2, 0.25) is 0 Å². The van der Waals surface area contributed by atoms with Crippen molar-refractivity contribution in [1.29, 1.82) is 0 Å². The maximum Gasteiger partial charge on any atom is 0.222 e. The van der Waals surface area contributed by atoms with E-state index < -0.39 is 0 Å². The molecule has 6 heteroatoms. The first-order valence-corrected chi connectivity index (χ1v) is 8.96. The molecule has 1 atom stereocenters. The van der Waals surface area contributed by atoms with Crippen LogP contribution in [0.1, 0.15) is 38.2 Å². The predicted octanol–water partition coefficient (Wildman–Crippen LogP) is 2.21. The number of primary amides is 1. The summed E-state index contributed by atoms with van der Waals surface area (Å²) in [5.41, 5.74) is 6.79. The van der Waals surface area contributed by atoms with Gasteiger partial charge in [-0.15, -0.1) is 0 Å². The van der Waals surface area contributed by atoms with Gasteiger partial charge in [-0.25, -0.2) is 4.39 Å². The first-order chi connectivity index (χ1) is 12.0. The fraction of sp³-hybridized carbons (Fsp3) is 0.579. The molecule has 1 amide bonds. The van der Waals surface area contributed by atoms with Crippen LogP contribution in [0, 0.1) is 17.2 Å². The third kappa shape index (κ3) is 5.44. The molecule has 0 aromatic heterocycles. The maximum absolute atomic E-state index is 13.0. The number of rotatable bonds is 8. The van der Waals surface area contributed by atoms with E-state index >= 15 is 0 Å². The van der Waals surface area contributed by atoms with Crippen molar-refractivity contribution in [2.45, 2.75) is 39.0 Å². The molecule has 1 aliphatic rings. The lowest BCUT2D eigenvalue weighted by Crippen LogP contribution is -2.48. The minimum Gasteiger partial charge on any atom is -0.369 e. The molecule has 1 aromatic rings. The van der Waals surface area contributed by atoms with Crippen molar-refractivity contribution in [1.82, 2.24) is 10.6 Å². The van der Waals surface area contributed by atoms with Crippen molar-refractivity contribution >= 4 is 11.9 Å². The topological polar surface area (TPSA) is 79.5 Å². The monoisotopic (exact) mass is 348 g/mol. The number of nitrogens with two attached hydrogens (primary N) is 1. The van der Waals surface area contributed by atoms with Gasteiger partial charge in [0, 0.05) is 20.1 Å². The lowest BCUT2D eigenvalue weighted by atomic mass is 9.67. The third-order valence-electron chi connectivity index (χ3n) is 5.33. The highest BCUT2D eigenvalue weighted by Crippen LogP contribution is 2.42. The summed E-state index contributed by atoms with van der Waals surface area (Å²) in [6.45, 7) is 3.51. The molecule has 0 radical (unpaired) electrons. The summed E-state index contributed by atoms with van der Waals surface area (Å²) < 4.78 is 13.0. The summed E-state index contributed by atoms with van der Waals surface area (Å²) in [4.78, 5) is 16.0. The van der Waals surface area contributed by atoms with Crippen LogP contribution < -0.4 is 16.4 Å². The average Bonchev–Trinajstić information content (AvgIpc) is 2.57. The van der Waals surface area contributed by atoms with Crippen LogP contribution in [0.3, 0.4) is 0 Å². The van der Waals surface area contributed by atoms with E-state index in [0.29, 0.717) is 24.3 Å². The van der Waals surface area contributed by atoms with Gasteiger partial charge in [-0.3, -0.25) is 9.79 Å². The Morgan fingerprint density at radius 3 is 2.48 bits per heavy atom. The molecule has 1 fully saturated rings. The van der Waals surface area contributed by atoms with Crippen molar-refractivity contribution in [2.24, 2.45) is 22.1 Å². The minimum atomic E-state index is -0.382. The quantitative estimate of drug-likeness (QED) is 0.498. The van der Waals surface area contributed by atoms with Crippen LogP contribution in [0.4, 0.5) is 4.39 Å². The Labute approximate surface area is 149 Å². The lowest BCUT2D eigenvalue weighted by molar-refractivity contribution is -0.121. The van der Waals surface area contributed by atoms with Crippen molar-refractivity contribution in [3.05, 3.63) is 35.6 Å². The Balaban J connectivity index is 1.86. The minimum absolute atomic E-state index is 0.289. The maximum atomic E-state index is 13.0. The molecule has 1 unspecified atom stereocenters. The first kappa shape index (κ1) is 19.2. The molecule has 1 aromatic carbocycles. The number of aliphatic imine (C=N–C) groups is 1. The molecule has 0 aliphatic heterocycles. The van der Waals surface area contributed by atoms with Crippen LogP contribution in [-0.2, 0) is 11.2 Å². The van der Waals surface area contributed by atoms with Crippen LogP contribution in [-0.4, -0.2) is 32.0 Å². The number of amides is 1. The fourth-order valence-corrected chi connectivity index (χ4v) is 3.22. The second kappa shape index (κ2) is 8.83. The second-order valence-electron chi connectivity index (χ2n) is 6.94. The van der Waals surface area contributed by atoms with Gasteiger partial charge < -0.3 is 16.4 Å². The van der Waals surface area contributed by atoms with Gasteiger partial charge in [-0.05, 0) is 48.8 Å². The van der Waals surface area contributed by atoms with Crippen LogP contribution in [0.15, 0.2) is 29.3 Å². The van der Waals surface area contributed by atoms with Crippen molar-refractivity contribution in [3.63, 3.8) is 0 Å². The Morgan fingerprint density at radius 1 is 1.32 bits per heavy atom. The van der Waals surface area contributed by atoms with Gasteiger partial charge in [0.2, 0.25) is 5.91 Å². The Bertz CT molecular complexity index is 590. The molecule has 2 rings (SSSR count). The fourth-order valence-electron chi connectivity index (χ4n) is 3.22. The average molecular weight is 348 g/mol. The number of halogens is 1. The molecule has 138 valence electrons. The zero-order chi connectivity index (χ0) is 18.3. The highest BCUT2D eigenvalue weighted by molar-refractivity contribution is 5.81. The molecule has 0 bridgehead atoms. The number of carbonyl (C=O) groups excluding carboxylic acids is 1. The molecule has 4 N–H and O–H groups in total. The van der Waals surface area contributed by atoms with E-state index in [1.165, 1.54) is 31.4 Å². The van der Waals surface area contributed by atoms with E-state index in [-0.39, 0.29) is 17.6 Å². The third-order valence-corrected chi connectivity index (χ3v) is 5.33. The summed E-state index contributed by atoms with van der Waals surface area (Å²) in [5, 5.41) is 6.56. The number of nitrogens with one attached hydrogen (secondary N) is 2. The van der Waals surface area contributed by atoms with Crippen molar-refractivity contribution in [3.8, 4) is 0 Å². The SMILES string of the molecule is CCC1(CNC(=NC)NCC(Cc2ccc(F)cc2)C(N)=O)CCC1. The van der Waals surface area contributed by atoms with Crippen LogP contribution in [0.5, 0.6) is 0 Å². The summed E-state index contributed by atoms with van der Waals surface area (Å²) in [7, 11) is 1.72. The molecule has 0 heterocycles. The molecular weight excluding hydrogens is 319 g/mol. The van der Waals surface area contributed by atoms with Gasteiger partial charge >= 0.3 is 0 Å². The van der Waals surface area contributed by atoms with Gasteiger partial charge in [0.15, 0.2) is 5.96 Å². The normalized spacial score (nSPS) is 17.5. The summed E-state index contributed by atoms with van der Waals surface area (Å²) in [5.74, 6) is -0.364. The summed E-state index contributed by atoms with van der Waals surface area (Å²) >= 11 is 0. The lowest BCUT2D eigenvalue weighted by Gasteiger charge is -2.41. The van der Waals surface area contributed by atoms with Gasteiger partial charge in [-0.1, -0.05) is 25.5 Å². The van der Waals surface area contributed by atoms with E-state index in [0.717, 1.165) is 18.5 Å². The Hall–Kier alpha value is -2.11. The van der Waals surface area contributed by atoms with Gasteiger partial charge in [0.05, 0.1) is 5.92 Å². The largest absolute Gasteiger partial charge is 0.369 e. The number of carbonyl (C=O) groups is 1. The molecule has 1 aliphatic carbocycles. The second-order valence-corrected chi connectivity index (χ2v) is 6.94. The number of guanidine groups is 1. The molecule has 0 saturated heterocycles. The molecule has 5 nitrogen and oxygen atoms in total. The number of hydrogen-bond acceptors (Lipinski definition) is 2. The van der Waals surface area contributed by atoms with E-state index in [9.17, 15) is 9.18 Å². The summed E-state index contributed by atoms with van der Waals surface area (Å²) in [6, 6.07) is 6.15. The van der Waals surface area contributed by atoms with E-state index in [4.69, 9.17) is 5.73 Å². The van der Waals surface area contributed by atoms with Crippen LogP contribution >= 0.6 is 0 Å². The number of nitrogens with zero attached hydrogens (tertiary/aromatic N) is 1. The molecule has 0 spiro atoms. The van der Waals surface area contributed by atoms with E-state index in [2.05, 4.69) is 22.5 Å². The highest BCUT2D eigenvalue weighted by atomic mass is 19.1. The predicted molar refractivity (Wildman–Crippen MR) is 98.7 cm³/mol. The zero-order valence-corrected chi connectivity index (χ0v) is 15.1. The Morgan fingerprint density at radius 2 is 2.00 bits per heavy atom. The Kier molecular flexibility index (Phi) is 6.79. The van der Waals surface area contributed by atoms with Crippen molar-refractivity contribution in [2.75, 3.05) is 20.1 Å². The van der Waals surface area contributed by atoms with Gasteiger partial charge in [0.1, 0.15) is 5.82 Å². The van der Waals surface area contributed by atoms with Crippen molar-refractivity contribution < 1.29 is 9.18 Å². The molecular formula is C19H29FN4O. The standard InChI is InChI=1S/C19H29FN4O/c1-3-19(9-4-10-19)13-24-18(22-2)23-12-15(17(21)25)11-14-5-7-16(20)8-6-14/h5-8,15H,3-4,9-13H2,1-2H3,(H2,21,25)(H2,22,23,24). The van der Waals surface area contributed by atoms with Gasteiger partial charge in [-0.2, -0.15) is 0 Å². The molecule has 25 heavy (non-hydrogen) atoms.